The summed E-state index contributed by atoms with van der Waals surface area (Å²) >= 11 is 0. The van der Waals surface area contributed by atoms with Gasteiger partial charge in [-0.1, -0.05) is 20.1 Å². The van der Waals surface area contributed by atoms with Gasteiger partial charge in [-0.3, -0.25) is 0 Å². The van der Waals surface area contributed by atoms with Crippen LogP contribution in [-0.4, -0.2) is 7.05 Å². The van der Waals surface area contributed by atoms with Crippen LogP contribution in [0.5, 0.6) is 0 Å². The number of allylic oxidation sites excluding steroid dienone is 2. The number of hydrogen-bond acceptors (Lipinski definition) is 2. The van der Waals surface area contributed by atoms with Crippen molar-refractivity contribution in [2.75, 3.05) is 17.7 Å². The highest BCUT2D eigenvalue weighted by molar-refractivity contribution is 5.86. The Bertz CT molecular complexity index is 565. The third-order valence-electron chi connectivity index (χ3n) is 3.60. The number of fused-ring (bicyclic) bond motifs is 1. The molecule has 1 aromatic carbocycles. The van der Waals surface area contributed by atoms with Gasteiger partial charge in [0.2, 0.25) is 0 Å². The Morgan fingerprint density at radius 3 is 2.67 bits per heavy atom. The first-order chi connectivity index (χ1) is 8.45. The summed E-state index contributed by atoms with van der Waals surface area (Å²) < 4.78 is 0. The van der Waals surface area contributed by atoms with E-state index in [1.807, 2.05) is 13.1 Å². The maximum absolute atomic E-state index is 6.12. The van der Waals surface area contributed by atoms with Crippen molar-refractivity contribution in [1.29, 1.82) is 0 Å². The van der Waals surface area contributed by atoms with E-state index in [9.17, 15) is 0 Å². The molecule has 1 aliphatic heterocycles. The van der Waals surface area contributed by atoms with E-state index >= 15 is 0 Å². The molecule has 0 atom stereocenters. The normalized spacial score (nSPS) is 14.3. The van der Waals surface area contributed by atoms with Crippen molar-refractivity contribution in [3.8, 4) is 0 Å². The van der Waals surface area contributed by atoms with Gasteiger partial charge in [0.25, 0.3) is 0 Å². The first-order valence-corrected chi connectivity index (χ1v) is 6.18. The fourth-order valence-corrected chi connectivity index (χ4v) is 2.25. The van der Waals surface area contributed by atoms with Gasteiger partial charge < -0.3 is 10.6 Å². The van der Waals surface area contributed by atoms with Gasteiger partial charge in [-0.05, 0) is 42.7 Å². The molecule has 0 unspecified atom stereocenters. The van der Waals surface area contributed by atoms with Crippen LogP contribution in [0.1, 0.15) is 31.4 Å². The molecule has 0 aliphatic carbocycles. The molecule has 94 valence electrons. The van der Waals surface area contributed by atoms with Crippen molar-refractivity contribution in [2.24, 2.45) is 0 Å². The van der Waals surface area contributed by atoms with E-state index in [2.05, 4.69) is 44.0 Å². The molecule has 1 aromatic rings. The molecule has 2 heteroatoms. The number of benzene rings is 1. The minimum absolute atomic E-state index is 0.797. The highest BCUT2D eigenvalue weighted by Gasteiger charge is 2.18. The lowest BCUT2D eigenvalue weighted by Gasteiger charge is -2.29. The van der Waals surface area contributed by atoms with Crippen LogP contribution in [0.4, 0.5) is 11.4 Å². The zero-order valence-corrected chi connectivity index (χ0v) is 11.4. The number of nitrogens with zero attached hydrogens (tertiary/aromatic N) is 1. The predicted molar refractivity (Wildman–Crippen MR) is 81.4 cm³/mol. The molecule has 1 aliphatic rings. The Kier molecular flexibility index (Phi) is 3.04. The molecule has 0 aromatic heterocycles. The molecule has 18 heavy (non-hydrogen) atoms. The Labute approximate surface area is 109 Å². The third kappa shape index (κ3) is 1.84. The Morgan fingerprint density at radius 1 is 1.39 bits per heavy atom. The lowest BCUT2D eigenvalue weighted by molar-refractivity contribution is 1.09. The second kappa shape index (κ2) is 4.37. The maximum atomic E-state index is 6.12. The van der Waals surface area contributed by atoms with Crippen LogP contribution < -0.4 is 10.6 Å². The molecule has 0 fully saturated rings. The van der Waals surface area contributed by atoms with E-state index in [0.717, 1.165) is 40.2 Å². The molecular formula is C16H20N2. The minimum Gasteiger partial charge on any atom is -0.398 e. The largest absolute Gasteiger partial charge is 0.398 e. The van der Waals surface area contributed by atoms with E-state index in [-0.39, 0.29) is 0 Å². The average Bonchev–Trinajstić information content (AvgIpc) is 2.35. The fourth-order valence-electron chi connectivity index (χ4n) is 2.25. The summed E-state index contributed by atoms with van der Waals surface area (Å²) in [7, 11) is 2.03. The smallest absolute Gasteiger partial charge is 0.0489 e. The molecule has 0 saturated carbocycles. The summed E-state index contributed by atoms with van der Waals surface area (Å²) in [6.45, 7) is 12.3. The summed E-state index contributed by atoms with van der Waals surface area (Å²) in [5, 5.41) is 0. The number of likely N-dealkylation sites (N-methyl/N-ethyl adjacent to an activating group) is 1. The fraction of sp³-hybridized carbons (Fsp3) is 0.250. The van der Waals surface area contributed by atoms with Gasteiger partial charge >= 0.3 is 0 Å². The quantitative estimate of drug-likeness (QED) is 0.790. The predicted octanol–water partition coefficient (Wildman–Crippen LogP) is 4.06. The van der Waals surface area contributed by atoms with E-state index in [0.29, 0.717) is 0 Å². The van der Waals surface area contributed by atoms with Gasteiger partial charge in [0.05, 0.1) is 0 Å². The number of nitrogens with two attached hydrogens (primary N) is 1. The number of nitrogen functional groups attached to an aromatic ring is 1. The lowest BCUT2D eigenvalue weighted by Crippen LogP contribution is -2.20. The molecule has 2 nitrogen and oxygen atoms in total. The number of hydrogen-bond donors (Lipinski definition) is 1. The molecule has 0 spiro atoms. The van der Waals surface area contributed by atoms with Gasteiger partial charge in [-0.25, -0.2) is 0 Å². The highest BCUT2D eigenvalue weighted by Crippen LogP contribution is 2.37. The zero-order chi connectivity index (χ0) is 13.4. The van der Waals surface area contributed by atoms with Crippen molar-refractivity contribution >= 4 is 23.0 Å². The van der Waals surface area contributed by atoms with Crippen molar-refractivity contribution in [1.82, 2.24) is 0 Å². The summed E-state index contributed by atoms with van der Waals surface area (Å²) in [6, 6.07) is 4.14. The van der Waals surface area contributed by atoms with E-state index < -0.39 is 0 Å². The van der Waals surface area contributed by atoms with Crippen molar-refractivity contribution in [3.63, 3.8) is 0 Å². The molecule has 0 saturated heterocycles. The lowest BCUT2D eigenvalue weighted by atomic mass is 9.95. The molecule has 0 bridgehead atoms. The second-order valence-electron chi connectivity index (χ2n) is 4.79. The highest BCUT2D eigenvalue weighted by atomic mass is 15.1. The van der Waals surface area contributed by atoms with Crippen molar-refractivity contribution < 1.29 is 0 Å². The average molecular weight is 240 g/mol. The molecule has 1 heterocycles. The standard InChI is InChI=1S/C16H20N2/c1-6-10(2)14-9-16-13(8-15(14)17)7-11(3)12(4)18(16)5/h7-9H,2,4,6,17H2,1,3,5H3. The molecular weight excluding hydrogens is 220 g/mol. The summed E-state index contributed by atoms with van der Waals surface area (Å²) in [5.41, 5.74) is 13.5. The SMILES string of the molecule is C=C(CC)c1cc2c(cc1N)C=C(C)C(=C)N2C. The Morgan fingerprint density at radius 2 is 2.06 bits per heavy atom. The van der Waals surface area contributed by atoms with Crippen molar-refractivity contribution in [3.05, 3.63) is 47.7 Å². The molecule has 0 amide bonds. The Balaban J connectivity index is 2.63. The van der Waals surface area contributed by atoms with Crippen LogP contribution in [0.25, 0.3) is 11.6 Å². The minimum atomic E-state index is 0.797. The monoisotopic (exact) mass is 240 g/mol. The zero-order valence-electron chi connectivity index (χ0n) is 11.4. The summed E-state index contributed by atoms with van der Waals surface area (Å²) in [5.74, 6) is 0. The molecule has 2 N–H and O–H groups in total. The molecule has 0 radical (unpaired) electrons. The van der Waals surface area contributed by atoms with E-state index in [1.54, 1.807) is 0 Å². The molecule has 2 rings (SSSR count). The first kappa shape index (κ1) is 12.5. The van der Waals surface area contributed by atoms with Gasteiger partial charge in [-0.2, -0.15) is 0 Å². The topological polar surface area (TPSA) is 29.3 Å². The van der Waals surface area contributed by atoms with Crippen LogP contribution in [0.15, 0.2) is 36.6 Å². The van der Waals surface area contributed by atoms with Gasteiger partial charge in [0.1, 0.15) is 0 Å². The summed E-state index contributed by atoms with van der Waals surface area (Å²) in [4.78, 5) is 2.11. The van der Waals surface area contributed by atoms with Crippen LogP contribution in [0, 0.1) is 0 Å². The van der Waals surface area contributed by atoms with Crippen molar-refractivity contribution in [2.45, 2.75) is 20.3 Å². The van der Waals surface area contributed by atoms with Crippen LogP contribution >= 0.6 is 0 Å². The van der Waals surface area contributed by atoms with Crippen LogP contribution in [0.3, 0.4) is 0 Å². The maximum Gasteiger partial charge on any atom is 0.0489 e. The number of rotatable bonds is 2. The van der Waals surface area contributed by atoms with Crippen LogP contribution in [0.2, 0.25) is 0 Å². The van der Waals surface area contributed by atoms with E-state index in [1.165, 1.54) is 5.57 Å². The van der Waals surface area contributed by atoms with Crippen LogP contribution in [-0.2, 0) is 0 Å². The Hall–Kier alpha value is -1.96. The van der Waals surface area contributed by atoms with Gasteiger partial charge in [0, 0.05) is 35.2 Å². The van der Waals surface area contributed by atoms with Gasteiger partial charge in [-0.15, -0.1) is 0 Å². The summed E-state index contributed by atoms with van der Waals surface area (Å²) in [6.07, 6.45) is 3.04. The third-order valence-corrected chi connectivity index (χ3v) is 3.60. The van der Waals surface area contributed by atoms with Gasteiger partial charge in [0.15, 0.2) is 0 Å². The number of anilines is 2. The second-order valence-corrected chi connectivity index (χ2v) is 4.79. The first-order valence-electron chi connectivity index (χ1n) is 6.18. The van der Waals surface area contributed by atoms with E-state index in [4.69, 9.17) is 5.73 Å².